The van der Waals surface area contributed by atoms with E-state index in [1.807, 2.05) is 6.08 Å². The fourth-order valence-electron chi connectivity index (χ4n) is 10.0. The Morgan fingerprint density at radius 2 is 0.500 bits per heavy atom. The number of unbranched alkanes of at least 4 members (excludes halogenated alkanes) is 37. The van der Waals surface area contributed by atoms with E-state index in [0.717, 1.165) is 96.3 Å². The van der Waals surface area contributed by atoms with Gasteiger partial charge in [-0.15, -0.1) is 0 Å². The summed E-state index contributed by atoms with van der Waals surface area (Å²) in [6.07, 6.45) is 94.8. The highest BCUT2D eigenvalue weighted by Gasteiger charge is 2.19. The van der Waals surface area contributed by atoms with Gasteiger partial charge in [0.15, 0.2) is 6.10 Å². The van der Waals surface area contributed by atoms with E-state index in [1.165, 1.54) is 205 Å². The summed E-state index contributed by atoms with van der Waals surface area (Å²) in [5.74, 6) is -0.990. The molecule has 0 amide bonds. The molecule has 0 aliphatic rings. The SMILES string of the molecule is CC/C=C\C/C=C\C/C=C\C/C=C\CCC(=O)OCC(COC(=O)CCCCCCCCCCCCCCCCCCCCCCCCC/C=C\C/C=C\CCCCCCC)OC(=O)CCCCCCC/C=C\C/C=C\CCCCCC. The zero-order valence-electron chi connectivity index (χ0n) is 54.2. The Balaban J connectivity index is 4.13. The van der Waals surface area contributed by atoms with Crippen molar-refractivity contribution in [1.82, 2.24) is 0 Å². The smallest absolute Gasteiger partial charge is 0.306 e. The molecule has 0 spiro atoms. The molecule has 82 heavy (non-hydrogen) atoms. The van der Waals surface area contributed by atoms with Crippen molar-refractivity contribution in [2.75, 3.05) is 13.2 Å². The van der Waals surface area contributed by atoms with Crippen molar-refractivity contribution >= 4 is 17.9 Å². The summed E-state index contributed by atoms with van der Waals surface area (Å²) in [5.41, 5.74) is 0. The summed E-state index contributed by atoms with van der Waals surface area (Å²) in [6.45, 7) is 6.45. The van der Waals surface area contributed by atoms with Crippen molar-refractivity contribution in [3.05, 3.63) is 97.2 Å². The summed E-state index contributed by atoms with van der Waals surface area (Å²) in [4.78, 5) is 38.3. The standard InChI is InChI=1S/C76H132O6/c1-4-7-10-13-16-19-22-25-27-29-30-31-32-33-34-35-36-37-38-39-40-41-42-43-44-45-46-47-49-51-54-57-60-63-66-69-75(78)81-72-73(71-80-74(77)68-65-62-59-56-53-50-24-21-18-15-12-9-6-3)82-76(79)70-67-64-61-58-55-52-48-28-26-23-20-17-14-11-8-5-2/h9,12,18,20-23,25,28-30,48,50,53,59,62,73H,4-8,10-11,13-17,19,24,26-27,31-47,49,51-52,54-58,60-61,63-72H2,1-3H3/b12-9-,21-18-,23-20-,25-22-,30-29-,48-28-,53-50-,62-59-. The number of hydrogen-bond acceptors (Lipinski definition) is 6. The van der Waals surface area contributed by atoms with Gasteiger partial charge >= 0.3 is 17.9 Å². The van der Waals surface area contributed by atoms with Crippen molar-refractivity contribution in [1.29, 1.82) is 0 Å². The first-order valence-corrected chi connectivity index (χ1v) is 35.2. The number of ether oxygens (including phenoxy) is 3. The lowest BCUT2D eigenvalue weighted by molar-refractivity contribution is -0.166. The number of carbonyl (C=O) groups excluding carboxylic acids is 3. The van der Waals surface area contributed by atoms with Gasteiger partial charge in [-0.3, -0.25) is 14.4 Å². The van der Waals surface area contributed by atoms with Crippen molar-refractivity contribution in [3.63, 3.8) is 0 Å². The first-order valence-electron chi connectivity index (χ1n) is 35.2. The minimum Gasteiger partial charge on any atom is -0.462 e. The Hall–Kier alpha value is -3.67. The van der Waals surface area contributed by atoms with Gasteiger partial charge < -0.3 is 14.2 Å². The molecule has 472 valence electrons. The molecule has 0 aromatic rings. The van der Waals surface area contributed by atoms with E-state index in [4.69, 9.17) is 14.2 Å². The van der Waals surface area contributed by atoms with Crippen LogP contribution < -0.4 is 0 Å². The van der Waals surface area contributed by atoms with Crippen LogP contribution in [0, 0.1) is 0 Å². The van der Waals surface area contributed by atoms with E-state index in [9.17, 15) is 14.4 Å². The third-order valence-corrected chi connectivity index (χ3v) is 15.3. The number of carbonyl (C=O) groups is 3. The van der Waals surface area contributed by atoms with Crippen molar-refractivity contribution in [3.8, 4) is 0 Å². The fourth-order valence-corrected chi connectivity index (χ4v) is 10.0. The molecule has 6 nitrogen and oxygen atoms in total. The van der Waals surface area contributed by atoms with Crippen LogP contribution in [-0.2, 0) is 28.6 Å². The molecule has 1 atom stereocenters. The molecule has 1 unspecified atom stereocenters. The second-order valence-corrected chi connectivity index (χ2v) is 23.4. The summed E-state index contributed by atoms with van der Waals surface area (Å²) in [7, 11) is 0. The molecule has 0 fully saturated rings. The molecule has 0 aromatic carbocycles. The number of hydrogen-bond donors (Lipinski definition) is 0. The lowest BCUT2D eigenvalue weighted by Gasteiger charge is -2.18. The molecule has 0 bridgehead atoms. The average Bonchev–Trinajstić information content (AvgIpc) is 3.47. The molecule has 0 heterocycles. The zero-order chi connectivity index (χ0) is 59.2. The molecule has 0 N–H and O–H groups in total. The van der Waals surface area contributed by atoms with Crippen LogP contribution in [0.1, 0.15) is 348 Å². The Morgan fingerprint density at radius 1 is 0.256 bits per heavy atom. The summed E-state index contributed by atoms with van der Waals surface area (Å²) in [6, 6.07) is 0. The largest absolute Gasteiger partial charge is 0.462 e. The van der Waals surface area contributed by atoms with Gasteiger partial charge in [0.1, 0.15) is 13.2 Å². The lowest BCUT2D eigenvalue weighted by Crippen LogP contribution is -2.30. The Kier molecular flexibility index (Phi) is 66.7. The van der Waals surface area contributed by atoms with Gasteiger partial charge in [-0.2, -0.15) is 0 Å². The third-order valence-electron chi connectivity index (χ3n) is 15.3. The summed E-state index contributed by atoms with van der Waals surface area (Å²) >= 11 is 0. The van der Waals surface area contributed by atoms with Crippen LogP contribution in [0.5, 0.6) is 0 Å². The van der Waals surface area contributed by atoms with Gasteiger partial charge in [0.05, 0.1) is 0 Å². The van der Waals surface area contributed by atoms with E-state index >= 15 is 0 Å². The van der Waals surface area contributed by atoms with E-state index in [1.54, 1.807) is 0 Å². The Labute approximate surface area is 508 Å². The van der Waals surface area contributed by atoms with Crippen LogP contribution in [0.15, 0.2) is 97.2 Å². The Bertz CT molecular complexity index is 1590. The van der Waals surface area contributed by atoms with Gasteiger partial charge in [0.25, 0.3) is 0 Å². The lowest BCUT2D eigenvalue weighted by atomic mass is 10.0. The number of allylic oxidation sites excluding steroid dienone is 16. The molecule has 0 rings (SSSR count). The zero-order valence-corrected chi connectivity index (χ0v) is 54.2. The number of rotatable bonds is 64. The highest BCUT2D eigenvalue weighted by Crippen LogP contribution is 2.17. The van der Waals surface area contributed by atoms with E-state index in [-0.39, 0.29) is 37.5 Å². The predicted octanol–water partition coefficient (Wildman–Crippen LogP) is 24.4. The monoisotopic (exact) mass is 1140 g/mol. The summed E-state index contributed by atoms with van der Waals surface area (Å²) < 4.78 is 16.8. The van der Waals surface area contributed by atoms with Gasteiger partial charge in [0.2, 0.25) is 0 Å². The number of esters is 3. The maximum absolute atomic E-state index is 12.9. The van der Waals surface area contributed by atoms with Gasteiger partial charge in [0, 0.05) is 19.3 Å². The second kappa shape index (κ2) is 69.8. The van der Waals surface area contributed by atoms with Crippen molar-refractivity contribution in [2.45, 2.75) is 354 Å². The summed E-state index contributed by atoms with van der Waals surface area (Å²) in [5, 5.41) is 0. The highest BCUT2D eigenvalue weighted by atomic mass is 16.6. The van der Waals surface area contributed by atoms with E-state index < -0.39 is 6.10 Å². The Morgan fingerprint density at radius 3 is 0.829 bits per heavy atom. The van der Waals surface area contributed by atoms with Gasteiger partial charge in [-0.05, 0) is 109 Å². The van der Waals surface area contributed by atoms with Crippen LogP contribution in [-0.4, -0.2) is 37.2 Å². The highest BCUT2D eigenvalue weighted by molar-refractivity contribution is 5.71. The molecule has 0 aromatic heterocycles. The predicted molar refractivity (Wildman–Crippen MR) is 357 cm³/mol. The molecule has 0 aliphatic heterocycles. The van der Waals surface area contributed by atoms with Crippen LogP contribution in [0.3, 0.4) is 0 Å². The molecular weight excluding hydrogens is 1010 g/mol. The minimum absolute atomic E-state index is 0.103. The third kappa shape index (κ3) is 67.1. The topological polar surface area (TPSA) is 78.9 Å². The molecule has 0 radical (unpaired) electrons. The normalized spacial score (nSPS) is 12.7. The maximum atomic E-state index is 12.9. The first kappa shape index (κ1) is 78.3. The quantitative estimate of drug-likeness (QED) is 0.0261. The second-order valence-electron chi connectivity index (χ2n) is 23.4. The van der Waals surface area contributed by atoms with Gasteiger partial charge in [-0.1, -0.05) is 317 Å². The molecular formula is C76H132O6. The average molecular weight is 1140 g/mol. The van der Waals surface area contributed by atoms with Crippen molar-refractivity contribution in [2.24, 2.45) is 0 Å². The van der Waals surface area contributed by atoms with Crippen LogP contribution in [0.4, 0.5) is 0 Å². The van der Waals surface area contributed by atoms with Crippen LogP contribution in [0.25, 0.3) is 0 Å². The fraction of sp³-hybridized carbons (Fsp3) is 0.750. The molecule has 0 aliphatic carbocycles. The molecule has 0 saturated carbocycles. The molecule has 6 heteroatoms. The van der Waals surface area contributed by atoms with Crippen LogP contribution >= 0.6 is 0 Å². The minimum atomic E-state index is -0.814. The van der Waals surface area contributed by atoms with Gasteiger partial charge in [-0.25, -0.2) is 0 Å². The van der Waals surface area contributed by atoms with Crippen molar-refractivity contribution < 1.29 is 28.6 Å². The van der Waals surface area contributed by atoms with Crippen LogP contribution in [0.2, 0.25) is 0 Å². The maximum Gasteiger partial charge on any atom is 0.306 e. The first-order chi connectivity index (χ1) is 40.5. The van der Waals surface area contributed by atoms with E-state index in [0.29, 0.717) is 19.3 Å². The molecule has 0 saturated heterocycles. The van der Waals surface area contributed by atoms with E-state index in [2.05, 4.69) is 112 Å².